The van der Waals surface area contributed by atoms with Gasteiger partial charge in [0.05, 0.1) is 0 Å². The van der Waals surface area contributed by atoms with E-state index in [0.29, 0.717) is 12.0 Å². The van der Waals surface area contributed by atoms with Crippen LogP contribution in [0.2, 0.25) is 0 Å². The Morgan fingerprint density at radius 3 is 2.13 bits per heavy atom. The summed E-state index contributed by atoms with van der Waals surface area (Å²) in [6.07, 6.45) is 4.99. The molecule has 0 N–H and O–H groups in total. The second kappa shape index (κ2) is 7.95. The minimum absolute atomic E-state index is 0.234. The highest BCUT2D eigenvalue weighted by Gasteiger charge is 2.27. The van der Waals surface area contributed by atoms with Gasteiger partial charge in [-0.25, -0.2) is 0 Å². The minimum Gasteiger partial charge on any atom is -0.444 e. The summed E-state index contributed by atoms with van der Waals surface area (Å²) in [5.41, 5.74) is 1.62. The SMILES string of the molecule is C#CC(OC(=O)C(Cc1ccccc1)C(C)=O)c1ccccc1. The fraction of sp³-hybridized carbons (Fsp3) is 0.200. The molecule has 2 rings (SSSR count). The maximum Gasteiger partial charge on any atom is 0.318 e. The second-order valence-corrected chi connectivity index (χ2v) is 5.25. The molecule has 23 heavy (non-hydrogen) atoms. The average Bonchev–Trinajstić information content (AvgIpc) is 2.58. The number of Topliss-reactive ketones (excluding diaryl/α,β-unsaturated/α-hetero) is 1. The van der Waals surface area contributed by atoms with Crippen molar-refractivity contribution in [1.29, 1.82) is 0 Å². The molecule has 0 aliphatic heterocycles. The van der Waals surface area contributed by atoms with Gasteiger partial charge in [-0.1, -0.05) is 66.6 Å². The second-order valence-electron chi connectivity index (χ2n) is 5.25. The first-order valence-electron chi connectivity index (χ1n) is 7.37. The first-order chi connectivity index (χ1) is 11.1. The molecule has 0 fully saturated rings. The van der Waals surface area contributed by atoms with Crippen molar-refractivity contribution < 1.29 is 14.3 Å². The topological polar surface area (TPSA) is 43.4 Å². The molecule has 2 unspecified atom stereocenters. The highest BCUT2D eigenvalue weighted by atomic mass is 16.5. The molecule has 0 aliphatic rings. The molecule has 0 aliphatic carbocycles. The monoisotopic (exact) mass is 306 g/mol. The summed E-state index contributed by atoms with van der Waals surface area (Å²) in [5, 5.41) is 0. The standard InChI is InChI=1S/C20H18O3/c1-3-19(17-12-8-5-9-13-17)23-20(22)18(15(2)21)14-16-10-6-4-7-11-16/h1,4-13,18-19H,14H2,2H3. The molecule has 0 bridgehead atoms. The number of benzene rings is 2. The van der Waals surface area contributed by atoms with E-state index in [0.717, 1.165) is 5.56 Å². The van der Waals surface area contributed by atoms with Crippen LogP contribution in [0.4, 0.5) is 0 Å². The minimum atomic E-state index is -0.850. The lowest BCUT2D eigenvalue weighted by atomic mass is 9.96. The van der Waals surface area contributed by atoms with Gasteiger partial charge in [0.1, 0.15) is 11.7 Å². The summed E-state index contributed by atoms with van der Waals surface area (Å²) in [5.74, 6) is 0.779. The molecule has 0 radical (unpaired) electrons. The Bertz CT molecular complexity index is 699. The molecule has 0 saturated heterocycles. The number of ketones is 1. The van der Waals surface area contributed by atoms with E-state index >= 15 is 0 Å². The molecule has 3 heteroatoms. The first kappa shape index (κ1) is 16.5. The van der Waals surface area contributed by atoms with Gasteiger partial charge in [-0.05, 0) is 18.9 Å². The fourth-order valence-electron chi connectivity index (χ4n) is 2.27. The Hall–Kier alpha value is -2.86. The van der Waals surface area contributed by atoms with Gasteiger partial charge in [-0.2, -0.15) is 0 Å². The van der Waals surface area contributed by atoms with E-state index in [4.69, 9.17) is 11.2 Å². The molecule has 2 aromatic rings. The Labute approximate surface area is 136 Å². The molecule has 0 aromatic heterocycles. The van der Waals surface area contributed by atoms with Gasteiger partial charge in [0.2, 0.25) is 0 Å². The van der Waals surface area contributed by atoms with Crippen LogP contribution in [0.15, 0.2) is 60.7 Å². The molecule has 0 heterocycles. The van der Waals surface area contributed by atoms with Crippen LogP contribution in [0.25, 0.3) is 0 Å². The molecular weight excluding hydrogens is 288 g/mol. The third-order valence-electron chi connectivity index (χ3n) is 3.55. The number of carbonyl (C=O) groups is 2. The lowest BCUT2D eigenvalue weighted by Crippen LogP contribution is -2.27. The van der Waals surface area contributed by atoms with Crippen LogP contribution in [0.5, 0.6) is 0 Å². The molecule has 2 atom stereocenters. The summed E-state index contributed by atoms with van der Waals surface area (Å²) in [6.45, 7) is 1.39. The van der Waals surface area contributed by atoms with Gasteiger partial charge in [-0.15, -0.1) is 6.42 Å². The van der Waals surface area contributed by atoms with E-state index in [2.05, 4.69) is 5.92 Å². The lowest BCUT2D eigenvalue weighted by molar-refractivity contribution is -0.154. The number of terminal acetylenes is 1. The molecule has 0 spiro atoms. The van der Waals surface area contributed by atoms with Crippen molar-refractivity contribution in [2.45, 2.75) is 19.4 Å². The number of ether oxygens (including phenoxy) is 1. The van der Waals surface area contributed by atoms with Crippen LogP contribution in [0.1, 0.15) is 24.2 Å². The van der Waals surface area contributed by atoms with Crippen LogP contribution >= 0.6 is 0 Å². The third-order valence-corrected chi connectivity index (χ3v) is 3.55. The van der Waals surface area contributed by atoms with Crippen molar-refractivity contribution in [3.63, 3.8) is 0 Å². The van der Waals surface area contributed by atoms with Crippen LogP contribution < -0.4 is 0 Å². The van der Waals surface area contributed by atoms with Crippen molar-refractivity contribution in [1.82, 2.24) is 0 Å². The number of hydrogen-bond donors (Lipinski definition) is 0. The third kappa shape index (κ3) is 4.55. The van der Waals surface area contributed by atoms with Crippen molar-refractivity contribution in [3.8, 4) is 12.3 Å². The van der Waals surface area contributed by atoms with Gasteiger partial charge < -0.3 is 4.74 Å². The number of esters is 1. The highest BCUT2D eigenvalue weighted by Crippen LogP contribution is 2.20. The average molecular weight is 306 g/mol. The number of rotatable bonds is 6. The van der Waals surface area contributed by atoms with E-state index in [1.54, 1.807) is 12.1 Å². The van der Waals surface area contributed by atoms with Crippen molar-refractivity contribution >= 4 is 11.8 Å². The molecule has 2 aromatic carbocycles. The largest absolute Gasteiger partial charge is 0.444 e. The highest BCUT2D eigenvalue weighted by molar-refractivity contribution is 5.98. The smallest absolute Gasteiger partial charge is 0.318 e. The van der Waals surface area contributed by atoms with E-state index in [-0.39, 0.29) is 5.78 Å². The summed E-state index contributed by atoms with van der Waals surface area (Å²) in [4.78, 5) is 24.2. The maximum absolute atomic E-state index is 12.4. The Kier molecular flexibility index (Phi) is 5.71. The zero-order valence-corrected chi connectivity index (χ0v) is 12.9. The summed E-state index contributed by atoms with van der Waals surface area (Å²) < 4.78 is 5.39. The molecule has 0 amide bonds. The van der Waals surface area contributed by atoms with Crippen molar-refractivity contribution in [3.05, 3.63) is 71.8 Å². The van der Waals surface area contributed by atoms with Crippen LogP contribution in [0.3, 0.4) is 0 Å². The predicted molar refractivity (Wildman–Crippen MR) is 88.4 cm³/mol. The normalized spacial score (nSPS) is 12.7. The van der Waals surface area contributed by atoms with Crippen LogP contribution in [0, 0.1) is 18.3 Å². The van der Waals surface area contributed by atoms with Crippen LogP contribution in [-0.4, -0.2) is 11.8 Å². The van der Waals surface area contributed by atoms with Gasteiger partial charge in [-0.3, -0.25) is 9.59 Å². The molecule has 3 nitrogen and oxygen atoms in total. The van der Waals surface area contributed by atoms with Crippen molar-refractivity contribution in [2.24, 2.45) is 5.92 Å². The fourth-order valence-corrected chi connectivity index (χ4v) is 2.27. The lowest BCUT2D eigenvalue weighted by Gasteiger charge is -2.17. The van der Waals surface area contributed by atoms with Gasteiger partial charge in [0, 0.05) is 5.56 Å². The van der Waals surface area contributed by atoms with E-state index in [1.807, 2.05) is 48.5 Å². The Morgan fingerprint density at radius 1 is 1.04 bits per heavy atom. The molecule has 116 valence electrons. The Morgan fingerprint density at radius 2 is 1.61 bits per heavy atom. The van der Waals surface area contributed by atoms with Gasteiger partial charge >= 0.3 is 5.97 Å². The summed E-state index contributed by atoms with van der Waals surface area (Å²) >= 11 is 0. The molecule has 0 saturated carbocycles. The van der Waals surface area contributed by atoms with E-state index < -0.39 is 18.0 Å². The van der Waals surface area contributed by atoms with E-state index in [9.17, 15) is 9.59 Å². The summed E-state index contributed by atoms with van der Waals surface area (Å²) in [6, 6.07) is 18.4. The predicted octanol–water partition coefficient (Wildman–Crippen LogP) is 3.35. The maximum atomic E-state index is 12.4. The zero-order valence-electron chi connectivity index (χ0n) is 12.9. The zero-order chi connectivity index (χ0) is 16.7. The van der Waals surface area contributed by atoms with Crippen molar-refractivity contribution in [2.75, 3.05) is 0 Å². The molecular formula is C20H18O3. The van der Waals surface area contributed by atoms with E-state index in [1.165, 1.54) is 6.92 Å². The van der Waals surface area contributed by atoms with Crippen LogP contribution in [-0.2, 0) is 20.7 Å². The first-order valence-corrected chi connectivity index (χ1v) is 7.37. The Balaban J connectivity index is 2.12. The van der Waals surface area contributed by atoms with Gasteiger partial charge in [0.25, 0.3) is 0 Å². The summed E-state index contributed by atoms with van der Waals surface area (Å²) in [7, 11) is 0. The number of carbonyl (C=O) groups excluding carboxylic acids is 2. The number of hydrogen-bond acceptors (Lipinski definition) is 3. The van der Waals surface area contributed by atoms with Gasteiger partial charge in [0.15, 0.2) is 6.10 Å². The quantitative estimate of drug-likeness (QED) is 0.467.